The fraction of sp³-hybridized carbons (Fsp3) is 0.364. The van der Waals surface area contributed by atoms with Gasteiger partial charge in [-0.25, -0.2) is 4.98 Å². The van der Waals surface area contributed by atoms with Crippen molar-refractivity contribution in [1.29, 1.82) is 5.41 Å². The number of aromatic nitrogens is 4. The molecule has 1 aliphatic heterocycles. The molecule has 10 heteroatoms. The third-order valence-corrected chi connectivity index (χ3v) is 5.52. The minimum Gasteiger partial charge on any atom is -0.461 e. The van der Waals surface area contributed by atoms with Crippen molar-refractivity contribution in [2.75, 3.05) is 50.3 Å². The van der Waals surface area contributed by atoms with Crippen molar-refractivity contribution in [1.82, 2.24) is 29.4 Å². The van der Waals surface area contributed by atoms with E-state index in [9.17, 15) is 0 Å². The van der Waals surface area contributed by atoms with Crippen LogP contribution in [0.1, 0.15) is 19.4 Å². The van der Waals surface area contributed by atoms with Crippen LogP contribution < -0.4 is 11.1 Å². The predicted molar refractivity (Wildman–Crippen MR) is 126 cm³/mol. The molecule has 0 aromatic carbocycles. The van der Waals surface area contributed by atoms with Gasteiger partial charge in [-0.2, -0.15) is 9.50 Å². The summed E-state index contributed by atoms with van der Waals surface area (Å²) < 4.78 is 6.82. The normalized spacial score (nSPS) is 15.7. The molecule has 0 radical (unpaired) electrons. The summed E-state index contributed by atoms with van der Waals surface area (Å²) in [5.74, 6) is 1.68. The molecule has 1 fully saturated rings. The quantitative estimate of drug-likeness (QED) is 0.364. The number of anilines is 2. The van der Waals surface area contributed by atoms with Crippen molar-refractivity contribution in [2.45, 2.75) is 13.8 Å². The van der Waals surface area contributed by atoms with E-state index < -0.39 is 0 Å². The molecule has 10 nitrogen and oxygen atoms in total. The largest absolute Gasteiger partial charge is 0.461 e. The van der Waals surface area contributed by atoms with Crippen molar-refractivity contribution >= 4 is 23.6 Å². The molecule has 3 aromatic rings. The lowest BCUT2D eigenvalue weighted by molar-refractivity contribution is 0.166. The van der Waals surface area contributed by atoms with Crippen LogP contribution in [0.4, 0.5) is 11.8 Å². The third kappa shape index (κ3) is 4.35. The maximum Gasteiger partial charge on any atom is 0.225 e. The van der Waals surface area contributed by atoms with Gasteiger partial charge in [0.2, 0.25) is 11.8 Å². The Morgan fingerprint density at radius 1 is 1.25 bits per heavy atom. The summed E-state index contributed by atoms with van der Waals surface area (Å²) in [6.07, 6.45) is 9.18. The minimum absolute atomic E-state index is 0.204. The molecule has 1 aliphatic rings. The first-order valence-electron chi connectivity index (χ1n) is 10.8. The molecule has 4 rings (SSSR count). The molecule has 0 spiro atoms. The molecule has 3 aromatic heterocycles. The number of nitrogen functional groups attached to an aromatic ring is 1. The summed E-state index contributed by atoms with van der Waals surface area (Å²) in [5, 5.41) is 15.6. The Morgan fingerprint density at radius 2 is 2.06 bits per heavy atom. The number of fused-ring (bicyclic) bond motifs is 1. The van der Waals surface area contributed by atoms with Crippen molar-refractivity contribution in [3.05, 3.63) is 47.9 Å². The van der Waals surface area contributed by atoms with E-state index in [0.29, 0.717) is 35.2 Å². The molecule has 0 saturated carbocycles. The van der Waals surface area contributed by atoms with Gasteiger partial charge in [0.05, 0.1) is 11.8 Å². The minimum atomic E-state index is 0.204. The van der Waals surface area contributed by atoms with Crippen LogP contribution >= 0.6 is 0 Å². The second kappa shape index (κ2) is 9.65. The second-order valence-electron chi connectivity index (χ2n) is 7.49. The number of rotatable bonds is 8. The van der Waals surface area contributed by atoms with Gasteiger partial charge in [0.25, 0.3) is 0 Å². The van der Waals surface area contributed by atoms with Crippen LogP contribution in [0.5, 0.6) is 0 Å². The standard InChI is InChI=1S/C22H29N9O/c1-3-6-16(4-2)30-12-10-29(11-13-30)9-8-25-19-17(15-23)21-26-20(18-7-5-14-32-18)28-31(21)22(24)27-19/h3-7,14-15,23,25H,8-13H2,1-2H3,(H2,24,27)/b6-3-,16-4+,23-15?. The topological polar surface area (TPSA) is 125 Å². The van der Waals surface area contributed by atoms with Crippen molar-refractivity contribution in [3.63, 3.8) is 0 Å². The number of nitrogens with two attached hydrogens (primary N) is 1. The van der Waals surface area contributed by atoms with Gasteiger partial charge in [0.1, 0.15) is 5.82 Å². The number of hydrogen-bond acceptors (Lipinski definition) is 9. The number of furan rings is 1. The van der Waals surface area contributed by atoms with Crippen LogP contribution in [0.3, 0.4) is 0 Å². The zero-order chi connectivity index (χ0) is 22.5. The fourth-order valence-electron chi connectivity index (χ4n) is 3.87. The van der Waals surface area contributed by atoms with E-state index in [4.69, 9.17) is 15.6 Å². The van der Waals surface area contributed by atoms with Gasteiger partial charge in [-0.05, 0) is 32.1 Å². The lowest BCUT2D eigenvalue weighted by atomic mass is 10.2. The first-order chi connectivity index (χ1) is 15.6. The molecule has 168 valence electrons. The van der Waals surface area contributed by atoms with E-state index in [2.05, 4.69) is 55.3 Å². The molecular formula is C22H29N9O. The number of piperazine rings is 1. The summed E-state index contributed by atoms with van der Waals surface area (Å²) in [6.45, 7) is 9.69. The van der Waals surface area contributed by atoms with Gasteiger partial charge < -0.3 is 25.8 Å². The van der Waals surface area contributed by atoms with Crippen LogP contribution in [-0.4, -0.2) is 74.9 Å². The van der Waals surface area contributed by atoms with Crippen molar-refractivity contribution in [3.8, 4) is 11.6 Å². The smallest absolute Gasteiger partial charge is 0.225 e. The molecular weight excluding hydrogens is 406 g/mol. The van der Waals surface area contributed by atoms with E-state index in [-0.39, 0.29) is 5.95 Å². The van der Waals surface area contributed by atoms with Crippen molar-refractivity contribution < 1.29 is 4.42 Å². The Labute approximate surface area is 186 Å². The predicted octanol–water partition coefficient (Wildman–Crippen LogP) is 2.47. The second-order valence-corrected chi connectivity index (χ2v) is 7.49. The van der Waals surface area contributed by atoms with Gasteiger partial charge in [-0.1, -0.05) is 12.2 Å². The zero-order valence-electron chi connectivity index (χ0n) is 18.5. The monoisotopic (exact) mass is 435 g/mol. The first-order valence-corrected chi connectivity index (χ1v) is 10.8. The molecule has 4 heterocycles. The maximum atomic E-state index is 7.89. The number of nitrogens with one attached hydrogen (secondary N) is 2. The zero-order valence-corrected chi connectivity index (χ0v) is 18.5. The molecule has 1 saturated heterocycles. The van der Waals surface area contributed by atoms with E-state index in [1.54, 1.807) is 18.4 Å². The van der Waals surface area contributed by atoms with Gasteiger partial charge in [0.15, 0.2) is 11.4 Å². The highest BCUT2D eigenvalue weighted by Crippen LogP contribution is 2.23. The Kier molecular flexibility index (Phi) is 6.50. The number of hydrogen-bond donors (Lipinski definition) is 3. The summed E-state index contributed by atoms with van der Waals surface area (Å²) in [5.41, 5.74) is 8.40. The maximum absolute atomic E-state index is 7.89. The molecule has 0 aliphatic carbocycles. The molecule has 0 amide bonds. The first kappa shape index (κ1) is 21.6. The molecule has 0 atom stereocenters. The van der Waals surface area contributed by atoms with Gasteiger partial charge in [-0.3, -0.25) is 4.90 Å². The Bertz CT molecular complexity index is 1120. The number of nitrogens with zero attached hydrogens (tertiary/aromatic N) is 6. The summed E-state index contributed by atoms with van der Waals surface area (Å²) in [6, 6.07) is 3.55. The van der Waals surface area contributed by atoms with Gasteiger partial charge in [0, 0.05) is 51.2 Å². The van der Waals surface area contributed by atoms with Crippen molar-refractivity contribution in [2.24, 2.45) is 0 Å². The lowest BCUT2D eigenvalue weighted by Gasteiger charge is -2.36. The molecule has 0 bridgehead atoms. The van der Waals surface area contributed by atoms with E-state index in [0.717, 1.165) is 32.7 Å². The average Bonchev–Trinajstić information content (AvgIpc) is 3.49. The van der Waals surface area contributed by atoms with E-state index >= 15 is 0 Å². The Morgan fingerprint density at radius 3 is 2.72 bits per heavy atom. The fourth-order valence-corrected chi connectivity index (χ4v) is 3.87. The molecule has 0 unspecified atom stereocenters. The van der Waals surface area contributed by atoms with Crippen LogP contribution in [0, 0.1) is 5.41 Å². The Balaban J connectivity index is 1.41. The van der Waals surface area contributed by atoms with Crippen LogP contribution in [-0.2, 0) is 0 Å². The number of allylic oxidation sites excluding steroid dienone is 3. The van der Waals surface area contributed by atoms with Crippen LogP contribution in [0.15, 0.2) is 46.7 Å². The van der Waals surface area contributed by atoms with Crippen LogP contribution in [0.25, 0.3) is 17.2 Å². The lowest BCUT2D eigenvalue weighted by Crippen LogP contribution is -2.46. The molecule has 4 N–H and O–H groups in total. The third-order valence-electron chi connectivity index (χ3n) is 5.52. The highest BCUT2D eigenvalue weighted by atomic mass is 16.3. The van der Waals surface area contributed by atoms with Gasteiger partial charge >= 0.3 is 0 Å². The SMILES string of the molecule is C/C=C\C(=C/C)N1CCN(CCNc2nc(N)n3nc(-c4ccco4)nc3c2C=N)CC1. The van der Waals surface area contributed by atoms with E-state index in [1.165, 1.54) is 16.4 Å². The highest BCUT2D eigenvalue weighted by molar-refractivity contribution is 5.93. The van der Waals surface area contributed by atoms with Gasteiger partial charge in [-0.15, -0.1) is 5.10 Å². The summed E-state index contributed by atoms with van der Waals surface area (Å²) in [4.78, 5) is 13.8. The van der Waals surface area contributed by atoms with Crippen LogP contribution in [0.2, 0.25) is 0 Å². The summed E-state index contributed by atoms with van der Waals surface area (Å²) in [7, 11) is 0. The highest BCUT2D eigenvalue weighted by Gasteiger charge is 2.19. The Hall–Kier alpha value is -3.66. The van der Waals surface area contributed by atoms with E-state index in [1.807, 2.05) is 6.92 Å². The average molecular weight is 436 g/mol. The summed E-state index contributed by atoms with van der Waals surface area (Å²) >= 11 is 0. The molecule has 32 heavy (non-hydrogen) atoms.